The SMILES string of the molecule is CC(C)[Si](Oc1ccc[c-]c1N=C([O-])C(C)(C)C)(C(C)C)C(C)C.[Li+].[Li+]. The molecule has 0 aliphatic carbocycles. The summed E-state index contributed by atoms with van der Waals surface area (Å²) in [7, 11) is -2.09. The molecule has 0 unspecified atom stereocenters. The van der Waals surface area contributed by atoms with E-state index in [4.69, 9.17) is 4.43 Å². The van der Waals surface area contributed by atoms with Crippen LogP contribution in [0.2, 0.25) is 16.6 Å². The van der Waals surface area contributed by atoms with Gasteiger partial charge in [-0.15, -0.1) is 6.07 Å². The third-order valence-electron chi connectivity index (χ3n) is 4.65. The van der Waals surface area contributed by atoms with Crippen LogP contribution in [0.4, 0.5) is 5.69 Å². The van der Waals surface area contributed by atoms with Gasteiger partial charge in [-0.05, 0) is 33.6 Å². The fourth-order valence-corrected chi connectivity index (χ4v) is 8.65. The molecule has 0 aromatic heterocycles. The molecular weight excluding hydrogens is 328 g/mol. The molecule has 136 valence electrons. The zero-order chi connectivity index (χ0) is 18.7. The minimum Gasteiger partial charge on any atom is -0.861 e. The number of nitrogens with zero attached hydrogens (tertiary/aromatic N) is 1. The molecule has 26 heavy (non-hydrogen) atoms. The first-order valence-corrected chi connectivity index (χ1v) is 11.0. The second-order valence-electron chi connectivity index (χ2n) is 8.47. The van der Waals surface area contributed by atoms with E-state index < -0.39 is 13.7 Å². The molecule has 0 fully saturated rings. The third-order valence-corrected chi connectivity index (χ3v) is 10.6. The maximum Gasteiger partial charge on any atom is 1.00 e. The maximum atomic E-state index is 12.3. The van der Waals surface area contributed by atoms with Crippen molar-refractivity contribution in [1.82, 2.24) is 0 Å². The summed E-state index contributed by atoms with van der Waals surface area (Å²) >= 11 is 0. The van der Waals surface area contributed by atoms with E-state index in [2.05, 4.69) is 52.6 Å². The fraction of sp³-hybridized carbons (Fsp3) is 0.650. The zero-order valence-corrected chi connectivity index (χ0v) is 19.7. The van der Waals surface area contributed by atoms with Crippen molar-refractivity contribution in [3.8, 4) is 5.75 Å². The minimum absolute atomic E-state index is 0. The topological polar surface area (TPSA) is 44.6 Å². The molecule has 3 nitrogen and oxygen atoms in total. The summed E-state index contributed by atoms with van der Waals surface area (Å²) < 4.78 is 6.69. The Balaban J connectivity index is 0. The number of rotatable bonds is 6. The zero-order valence-electron chi connectivity index (χ0n) is 18.7. The Hall–Kier alpha value is -0.0983. The Kier molecular flexibility index (Phi) is 11.9. The van der Waals surface area contributed by atoms with Crippen LogP contribution >= 0.6 is 0 Å². The van der Waals surface area contributed by atoms with Crippen molar-refractivity contribution in [3.63, 3.8) is 0 Å². The first-order valence-electron chi connectivity index (χ1n) is 8.88. The van der Waals surface area contributed by atoms with E-state index in [1.807, 2.05) is 32.9 Å². The second-order valence-corrected chi connectivity index (χ2v) is 13.8. The van der Waals surface area contributed by atoms with Crippen LogP contribution in [0, 0.1) is 11.5 Å². The largest absolute Gasteiger partial charge is 1.00 e. The Morgan fingerprint density at radius 2 is 1.50 bits per heavy atom. The van der Waals surface area contributed by atoms with Crippen molar-refractivity contribution >= 4 is 19.9 Å². The smallest absolute Gasteiger partial charge is 0.861 e. The van der Waals surface area contributed by atoms with Crippen LogP contribution in [-0.4, -0.2) is 14.2 Å². The van der Waals surface area contributed by atoms with Crippen LogP contribution in [0.5, 0.6) is 5.75 Å². The third kappa shape index (κ3) is 6.50. The van der Waals surface area contributed by atoms with Gasteiger partial charge < -0.3 is 9.53 Å². The van der Waals surface area contributed by atoms with Gasteiger partial charge in [0.2, 0.25) is 8.32 Å². The predicted molar refractivity (Wildman–Crippen MR) is 104 cm³/mol. The quantitative estimate of drug-likeness (QED) is 0.296. The van der Waals surface area contributed by atoms with E-state index in [0.717, 1.165) is 0 Å². The van der Waals surface area contributed by atoms with Crippen LogP contribution in [-0.2, 0) is 0 Å². The Morgan fingerprint density at radius 3 is 1.88 bits per heavy atom. The Bertz CT molecular complexity index is 560. The summed E-state index contributed by atoms with van der Waals surface area (Å²) in [6.07, 6.45) is 0. The standard InChI is InChI=1S/C20H34NO2Si.2Li/c1-14(2)24(15(3)4,16(5)6)23-18-13-11-10-12-17(18)21-19(22)20(7,8)9;;/h10-11,13-16H,1-9H3,(H,21,22);;/q-1;2*+1/p-1. The van der Waals surface area contributed by atoms with Crippen molar-refractivity contribution in [2.24, 2.45) is 10.4 Å². The first-order chi connectivity index (χ1) is 10.9. The van der Waals surface area contributed by atoms with Gasteiger partial charge in [0.1, 0.15) is 0 Å². The fourth-order valence-electron chi connectivity index (χ4n) is 3.40. The van der Waals surface area contributed by atoms with E-state index in [1.54, 1.807) is 6.07 Å². The second kappa shape index (κ2) is 11.0. The molecule has 1 rings (SSSR count). The van der Waals surface area contributed by atoms with Gasteiger partial charge in [0, 0.05) is 5.75 Å². The molecule has 0 aliphatic heterocycles. The average molecular weight is 361 g/mol. The summed E-state index contributed by atoms with van der Waals surface area (Å²) in [5.41, 5.74) is 1.40. The van der Waals surface area contributed by atoms with Crippen LogP contribution < -0.4 is 47.3 Å². The molecule has 0 amide bonds. The maximum absolute atomic E-state index is 12.3. The van der Waals surface area contributed by atoms with Gasteiger partial charge in [-0.2, -0.15) is 18.2 Å². The summed E-state index contributed by atoms with van der Waals surface area (Å²) in [5, 5.41) is 12.3. The van der Waals surface area contributed by atoms with E-state index in [0.29, 0.717) is 28.1 Å². The van der Waals surface area contributed by atoms with Crippen molar-refractivity contribution in [2.45, 2.75) is 78.9 Å². The van der Waals surface area contributed by atoms with Gasteiger partial charge in [-0.1, -0.05) is 62.3 Å². The molecule has 0 N–H and O–H groups in total. The number of aliphatic imine (C=N–C) groups is 1. The van der Waals surface area contributed by atoms with Gasteiger partial charge in [0.25, 0.3) is 0 Å². The molecule has 0 radical (unpaired) electrons. The summed E-state index contributed by atoms with van der Waals surface area (Å²) in [4.78, 5) is 4.30. The van der Waals surface area contributed by atoms with Crippen LogP contribution in [0.15, 0.2) is 23.2 Å². The van der Waals surface area contributed by atoms with Crippen LogP contribution in [0.3, 0.4) is 0 Å². The molecule has 1 aromatic carbocycles. The molecule has 0 saturated carbocycles. The van der Waals surface area contributed by atoms with Gasteiger partial charge in [0.15, 0.2) is 0 Å². The van der Waals surface area contributed by atoms with Crippen molar-refractivity contribution in [1.29, 1.82) is 0 Å². The number of para-hydroxylation sites is 1. The molecule has 0 heterocycles. The Morgan fingerprint density at radius 1 is 1.04 bits per heavy atom. The normalized spacial score (nSPS) is 12.8. The monoisotopic (exact) mass is 361 g/mol. The number of hydrogen-bond acceptors (Lipinski definition) is 3. The van der Waals surface area contributed by atoms with Crippen LogP contribution in [0.25, 0.3) is 0 Å². The van der Waals surface area contributed by atoms with Crippen LogP contribution in [0.1, 0.15) is 62.3 Å². The van der Waals surface area contributed by atoms with E-state index in [9.17, 15) is 5.11 Å². The van der Waals surface area contributed by atoms with Gasteiger partial charge >= 0.3 is 37.7 Å². The minimum atomic E-state index is -2.09. The number of hydrogen-bond donors (Lipinski definition) is 0. The molecular formula is C20H33Li2NO2Si. The van der Waals surface area contributed by atoms with Crippen molar-refractivity contribution < 1.29 is 47.3 Å². The Labute approximate surface area is 185 Å². The summed E-state index contributed by atoms with van der Waals surface area (Å²) in [5.74, 6) is 0.540. The predicted octanol–water partition coefficient (Wildman–Crippen LogP) is -0.515. The average Bonchev–Trinajstić information content (AvgIpc) is 2.43. The number of benzene rings is 1. The summed E-state index contributed by atoms with van der Waals surface area (Å²) in [6, 6.07) is 8.69. The molecule has 6 heteroatoms. The van der Waals surface area contributed by atoms with Gasteiger partial charge in [-0.25, -0.2) is 0 Å². The van der Waals surface area contributed by atoms with E-state index in [-0.39, 0.29) is 43.6 Å². The molecule has 0 saturated heterocycles. The molecule has 0 spiro atoms. The molecule has 0 bridgehead atoms. The summed E-state index contributed by atoms with van der Waals surface area (Å²) in [6.45, 7) is 19.1. The molecule has 0 atom stereocenters. The first kappa shape index (κ1) is 28.1. The van der Waals surface area contributed by atoms with Crippen molar-refractivity contribution in [2.75, 3.05) is 0 Å². The van der Waals surface area contributed by atoms with E-state index in [1.165, 1.54) is 0 Å². The van der Waals surface area contributed by atoms with Gasteiger partial charge in [-0.3, -0.25) is 4.99 Å². The van der Waals surface area contributed by atoms with E-state index >= 15 is 0 Å². The molecule has 1 aromatic rings. The molecule has 0 aliphatic rings. The van der Waals surface area contributed by atoms with Crippen molar-refractivity contribution in [3.05, 3.63) is 24.3 Å². The van der Waals surface area contributed by atoms with Gasteiger partial charge in [0.05, 0.1) is 0 Å².